The second-order valence-electron chi connectivity index (χ2n) is 5.87. The van der Waals surface area contributed by atoms with Gasteiger partial charge in [-0.05, 0) is 24.7 Å². The molecule has 0 aromatic heterocycles. The molecule has 16 heavy (non-hydrogen) atoms. The summed E-state index contributed by atoms with van der Waals surface area (Å²) in [7, 11) is 0. The molecule has 1 aliphatic rings. The first-order chi connectivity index (χ1) is 7.53. The molecule has 0 aromatic carbocycles. The van der Waals surface area contributed by atoms with Crippen molar-refractivity contribution in [1.82, 2.24) is 10.2 Å². The first kappa shape index (κ1) is 14.0. The molecule has 0 aromatic rings. The molecule has 1 N–H and O–H groups in total. The highest BCUT2D eigenvalue weighted by Crippen LogP contribution is 2.21. The minimum atomic E-state index is 0.384. The van der Waals surface area contributed by atoms with Crippen molar-refractivity contribution in [2.45, 2.75) is 53.0 Å². The lowest BCUT2D eigenvalue weighted by Crippen LogP contribution is -2.60. The molecule has 0 aliphatic carbocycles. The molecule has 1 atom stereocenters. The zero-order valence-electron chi connectivity index (χ0n) is 11.8. The number of nitrogens with one attached hydrogen (secondary N) is 1. The van der Waals surface area contributed by atoms with Crippen molar-refractivity contribution in [3.05, 3.63) is 0 Å². The Balaban J connectivity index is 2.50. The highest BCUT2D eigenvalue weighted by atomic mass is 15.2. The van der Waals surface area contributed by atoms with Crippen LogP contribution in [0.1, 0.15) is 47.5 Å². The molecule has 1 unspecified atom stereocenters. The summed E-state index contributed by atoms with van der Waals surface area (Å²) in [5.74, 6) is 1.61. The fraction of sp³-hybridized carbons (Fsp3) is 1.00. The topological polar surface area (TPSA) is 15.3 Å². The Kier molecular flexibility index (Phi) is 5.26. The van der Waals surface area contributed by atoms with Gasteiger partial charge in [0, 0.05) is 31.7 Å². The average Bonchev–Trinajstić information content (AvgIpc) is 2.29. The van der Waals surface area contributed by atoms with Crippen LogP contribution in [0.4, 0.5) is 0 Å². The van der Waals surface area contributed by atoms with Crippen molar-refractivity contribution in [1.29, 1.82) is 0 Å². The monoisotopic (exact) mass is 226 g/mol. The maximum Gasteiger partial charge on any atom is 0.0304 e. The van der Waals surface area contributed by atoms with E-state index in [1.807, 2.05) is 0 Å². The first-order valence-electron chi connectivity index (χ1n) is 7.00. The zero-order chi connectivity index (χ0) is 12.2. The molecule has 1 rings (SSSR count). The van der Waals surface area contributed by atoms with Crippen LogP contribution in [0.5, 0.6) is 0 Å². The van der Waals surface area contributed by atoms with Crippen LogP contribution < -0.4 is 5.32 Å². The second kappa shape index (κ2) is 6.02. The van der Waals surface area contributed by atoms with Gasteiger partial charge < -0.3 is 5.32 Å². The van der Waals surface area contributed by atoms with Gasteiger partial charge in [0.05, 0.1) is 0 Å². The minimum absolute atomic E-state index is 0.384. The van der Waals surface area contributed by atoms with Crippen LogP contribution in [0.2, 0.25) is 0 Å². The highest BCUT2D eigenvalue weighted by Gasteiger charge is 2.32. The summed E-state index contributed by atoms with van der Waals surface area (Å²) in [6, 6.07) is 0. The molecule has 1 heterocycles. The maximum absolute atomic E-state index is 3.72. The van der Waals surface area contributed by atoms with E-state index in [4.69, 9.17) is 0 Å². The smallest absolute Gasteiger partial charge is 0.0304 e. The van der Waals surface area contributed by atoms with Gasteiger partial charge in [-0.2, -0.15) is 0 Å². The van der Waals surface area contributed by atoms with Gasteiger partial charge in [0.2, 0.25) is 0 Å². The van der Waals surface area contributed by atoms with Crippen molar-refractivity contribution in [2.24, 2.45) is 11.8 Å². The van der Waals surface area contributed by atoms with E-state index in [1.165, 1.54) is 32.5 Å². The SMILES string of the molecule is CCC1(CC)CN(CC(C)C(C)C)CCN1. The van der Waals surface area contributed by atoms with Gasteiger partial charge in [0.15, 0.2) is 0 Å². The van der Waals surface area contributed by atoms with E-state index < -0.39 is 0 Å². The van der Waals surface area contributed by atoms with Crippen LogP contribution in [-0.2, 0) is 0 Å². The summed E-state index contributed by atoms with van der Waals surface area (Å²) in [6.07, 6.45) is 2.49. The molecule has 0 amide bonds. The Morgan fingerprint density at radius 3 is 2.31 bits per heavy atom. The predicted octanol–water partition coefficient (Wildman–Crippen LogP) is 2.74. The minimum Gasteiger partial charge on any atom is -0.309 e. The molecule has 96 valence electrons. The van der Waals surface area contributed by atoms with E-state index >= 15 is 0 Å². The lowest BCUT2D eigenvalue weighted by Gasteiger charge is -2.44. The molecule has 0 saturated carbocycles. The van der Waals surface area contributed by atoms with Crippen molar-refractivity contribution in [2.75, 3.05) is 26.2 Å². The average molecular weight is 226 g/mol. The third-order valence-electron chi connectivity index (χ3n) is 4.49. The summed E-state index contributed by atoms with van der Waals surface area (Å²) in [5, 5.41) is 3.72. The molecule has 1 aliphatic heterocycles. The number of hydrogen-bond donors (Lipinski definition) is 1. The standard InChI is InChI=1S/C14H30N2/c1-6-14(7-2)11-16(9-8-15-14)10-13(5)12(3)4/h12-13,15H,6-11H2,1-5H3. The number of piperazine rings is 1. The van der Waals surface area contributed by atoms with E-state index in [2.05, 4.69) is 44.8 Å². The normalized spacial score (nSPS) is 23.6. The summed E-state index contributed by atoms with van der Waals surface area (Å²) >= 11 is 0. The number of nitrogens with zero attached hydrogens (tertiary/aromatic N) is 1. The van der Waals surface area contributed by atoms with Crippen LogP contribution in [0.3, 0.4) is 0 Å². The molecule has 2 heteroatoms. The predicted molar refractivity (Wildman–Crippen MR) is 71.8 cm³/mol. The fourth-order valence-electron chi connectivity index (χ4n) is 2.54. The van der Waals surface area contributed by atoms with Crippen molar-refractivity contribution in [3.63, 3.8) is 0 Å². The third kappa shape index (κ3) is 3.46. The summed E-state index contributed by atoms with van der Waals surface area (Å²) in [6.45, 7) is 16.5. The molecule has 1 saturated heterocycles. The molecule has 0 radical (unpaired) electrons. The molecule has 2 nitrogen and oxygen atoms in total. The summed E-state index contributed by atoms with van der Waals surface area (Å²) in [5.41, 5.74) is 0.384. The van der Waals surface area contributed by atoms with Gasteiger partial charge in [-0.1, -0.05) is 34.6 Å². The van der Waals surface area contributed by atoms with Crippen LogP contribution in [-0.4, -0.2) is 36.6 Å². The van der Waals surface area contributed by atoms with Gasteiger partial charge >= 0.3 is 0 Å². The van der Waals surface area contributed by atoms with Gasteiger partial charge in [0.25, 0.3) is 0 Å². The quantitative estimate of drug-likeness (QED) is 0.775. The second-order valence-corrected chi connectivity index (χ2v) is 5.87. The molecular formula is C14H30N2. The van der Waals surface area contributed by atoms with Gasteiger partial charge in [0.1, 0.15) is 0 Å². The van der Waals surface area contributed by atoms with Crippen LogP contribution in [0.15, 0.2) is 0 Å². The van der Waals surface area contributed by atoms with Crippen LogP contribution in [0, 0.1) is 11.8 Å². The highest BCUT2D eigenvalue weighted by molar-refractivity contribution is 4.93. The van der Waals surface area contributed by atoms with E-state index in [1.54, 1.807) is 0 Å². The van der Waals surface area contributed by atoms with Crippen molar-refractivity contribution >= 4 is 0 Å². The molecule has 0 bridgehead atoms. The fourth-order valence-corrected chi connectivity index (χ4v) is 2.54. The lowest BCUT2D eigenvalue weighted by atomic mass is 9.89. The number of hydrogen-bond acceptors (Lipinski definition) is 2. The largest absolute Gasteiger partial charge is 0.309 e. The Morgan fingerprint density at radius 1 is 1.19 bits per heavy atom. The van der Waals surface area contributed by atoms with E-state index in [9.17, 15) is 0 Å². The molecule has 0 spiro atoms. The molecular weight excluding hydrogens is 196 g/mol. The lowest BCUT2D eigenvalue weighted by molar-refractivity contribution is 0.103. The Bertz CT molecular complexity index is 197. The Morgan fingerprint density at radius 2 is 1.81 bits per heavy atom. The number of rotatable bonds is 5. The van der Waals surface area contributed by atoms with E-state index in [-0.39, 0.29) is 0 Å². The Labute approximate surface area is 102 Å². The zero-order valence-corrected chi connectivity index (χ0v) is 11.8. The van der Waals surface area contributed by atoms with E-state index in [0.717, 1.165) is 18.4 Å². The third-order valence-corrected chi connectivity index (χ3v) is 4.49. The summed E-state index contributed by atoms with van der Waals surface area (Å²) < 4.78 is 0. The van der Waals surface area contributed by atoms with Gasteiger partial charge in [-0.25, -0.2) is 0 Å². The van der Waals surface area contributed by atoms with Crippen LogP contribution in [0.25, 0.3) is 0 Å². The van der Waals surface area contributed by atoms with E-state index in [0.29, 0.717) is 5.54 Å². The molecule has 1 fully saturated rings. The van der Waals surface area contributed by atoms with Gasteiger partial charge in [-0.15, -0.1) is 0 Å². The Hall–Kier alpha value is -0.0800. The summed E-state index contributed by atoms with van der Waals surface area (Å²) in [4.78, 5) is 2.66. The van der Waals surface area contributed by atoms with Crippen molar-refractivity contribution < 1.29 is 0 Å². The first-order valence-corrected chi connectivity index (χ1v) is 7.00. The van der Waals surface area contributed by atoms with Crippen molar-refractivity contribution in [3.8, 4) is 0 Å². The van der Waals surface area contributed by atoms with Crippen LogP contribution >= 0.6 is 0 Å². The van der Waals surface area contributed by atoms with Gasteiger partial charge in [-0.3, -0.25) is 4.90 Å². The maximum atomic E-state index is 3.72.